The molecular weight excluding hydrogens is 402 g/mol. The largest absolute Gasteiger partial charge is 0.394 e. The van der Waals surface area contributed by atoms with E-state index in [1.807, 2.05) is 41.3 Å². The number of ether oxygens (including phenoxy) is 1. The Balaban J connectivity index is 1.74. The molecule has 0 aliphatic carbocycles. The zero-order valence-electron chi connectivity index (χ0n) is 16.6. The molecular formula is C21H23N5O5. The molecule has 0 saturated carbocycles. The average molecular weight is 425 g/mol. The van der Waals surface area contributed by atoms with E-state index in [2.05, 4.69) is 15.0 Å². The van der Waals surface area contributed by atoms with Crippen LogP contribution in [-0.2, 0) is 17.8 Å². The molecule has 3 aromatic rings. The topological polar surface area (TPSA) is 134 Å². The molecule has 3 N–H and O–H groups in total. The zero-order valence-corrected chi connectivity index (χ0v) is 16.6. The van der Waals surface area contributed by atoms with Crippen molar-refractivity contribution in [2.24, 2.45) is 0 Å². The summed E-state index contributed by atoms with van der Waals surface area (Å²) in [7, 11) is 0. The Morgan fingerprint density at radius 1 is 1.03 bits per heavy atom. The highest BCUT2D eigenvalue weighted by atomic mass is 16.5. The third kappa shape index (κ3) is 4.62. The lowest BCUT2D eigenvalue weighted by Crippen LogP contribution is -2.48. The summed E-state index contributed by atoms with van der Waals surface area (Å²) in [5, 5.41) is 20.7. The molecule has 0 amide bonds. The normalized spacial score (nSPS) is 23.3. The zero-order chi connectivity index (χ0) is 21.8. The summed E-state index contributed by atoms with van der Waals surface area (Å²) in [5.41, 5.74) is 0.314. The van der Waals surface area contributed by atoms with Crippen LogP contribution in [0.1, 0.15) is 17.6 Å². The number of nitrogens with zero attached hydrogens (tertiary/aromatic N) is 4. The molecule has 0 aromatic carbocycles. The second kappa shape index (κ2) is 9.31. The molecule has 1 saturated heterocycles. The number of aliphatic hydroxyl groups excluding tert-OH is 2. The van der Waals surface area contributed by atoms with Crippen LogP contribution < -0.4 is 11.2 Å². The van der Waals surface area contributed by atoms with Gasteiger partial charge < -0.3 is 14.9 Å². The van der Waals surface area contributed by atoms with Crippen molar-refractivity contribution in [2.75, 3.05) is 6.61 Å². The molecule has 4 heterocycles. The van der Waals surface area contributed by atoms with Gasteiger partial charge in [0, 0.05) is 37.7 Å². The monoisotopic (exact) mass is 425 g/mol. The number of aromatic amines is 1. The minimum atomic E-state index is -1.10. The van der Waals surface area contributed by atoms with Crippen LogP contribution in [0.4, 0.5) is 0 Å². The molecule has 0 bridgehead atoms. The van der Waals surface area contributed by atoms with E-state index < -0.39 is 42.3 Å². The highest BCUT2D eigenvalue weighted by Gasteiger charge is 2.47. The van der Waals surface area contributed by atoms with Crippen molar-refractivity contribution in [1.29, 1.82) is 0 Å². The fourth-order valence-electron chi connectivity index (χ4n) is 3.80. The average Bonchev–Trinajstić information content (AvgIpc) is 3.10. The summed E-state index contributed by atoms with van der Waals surface area (Å²) in [6.45, 7) is 0.262. The summed E-state index contributed by atoms with van der Waals surface area (Å²) in [4.78, 5) is 36.8. The number of hydrogen-bond acceptors (Lipinski definition) is 8. The lowest BCUT2D eigenvalue weighted by Gasteiger charge is -2.33. The molecule has 3 aromatic heterocycles. The Hall–Kier alpha value is -3.18. The van der Waals surface area contributed by atoms with E-state index in [1.165, 1.54) is 16.8 Å². The first-order chi connectivity index (χ1) is 15.1. The van der Waals surface area contributed by atoms with Crippen molar-refractivity contribution in [3.63, 3.8) is 0 Å². The van der Waals surface area contributed by atoms with Crippen molar-refractivity contribution < 1.29 is 14.9 Å². The predicted octanol–water partition coefficient (Wildman–Crippen LogP) is -0.352. The Bertz CT molecular complexity index is 1060. The van der Waals surface area contributed by atoms with E-state index in [9.17, 15) is 19.8 Å². The van der Waals surface area contributed by atoms with Crippen LogP contribution in [0.2, 0.25) is 0 Å². The summed E-state index contributed by atoms with van der Waals surface area (Å²) >= 11 is 0. The van der Waals surface area contributed by atoms with Gasteiger partial charge in [0.2, 0.25) is 0 Å². The fourth-order valence-corrected chi connectivity index (χ4v) is 3.80. The van der Waals surface area contributed by atoms with Gasteiger partial charge in [-0.3, -0.25) is 29.2 Å². The highest BCUT2D eigenvalue weighted by molar-refractivity contribution is 5.09. The molecule has 31 heavy (non-hydrogen) atoms. The Morgan fingerprint density at radius 2 is 1.68 bits per heavy atom. The van der Waals surface area contributed by atoms with Gasteiger partial charge in [-0.15, -0.1) is 0 Å². The number of aromatic nitrogens is 4. The number of H-pyrrole nitrogens is 1. The van der Waals surface area contributed by atoms with Gasteiger partial charge in [0.15, 0.2) is 6.23 Å². The third-order valence-electron chi connectivity index (χ3n) is 5.25. The van der Waals surface area contributed by atoms with E-state index in [-0.39, 0.29) is 0 Å². The maximum absolute atomic E-state index is 12.5. The number of nitrogens with one attached hydrogen (secondary N) is 1. The lowest BCUT2D eigenvalue weighted by molar-refractivity contribution is -0.0514. The molecule has 0 spiro atoms. The summed E-state index contributed by atoms with van der Waals surface area (Å²) in [6, 6.07) is 11.6. The molecule has 162 valence electrons. The van der Waals surface area contributed by atoms with E-state index in [1.54, 1.807) is 12.4 Å². The number of aliphatic hydroxyl groups is 2. The predicted molar refractivity (Wildman–Crippen MR) is 110 cm³/mol. The molecule has 0 radical (unpaired) electrons. The fraction of sp³-hybridized carbons (Fsp3) is 0.333. The van der Waals surface area contributed by atoms with Gasteiger partial charge in [-0.2, -0.15) is 0 Å². The number of pyridine rings is 2. The van der Waals surface area contributed by atoms with E-state index in [0.717, 1.165) is 11.4 Å². The molecule has 10 heteroatoms. The van der Waals surface area contributed by atoms with Crippen LogP contribution >= 0.6 is 0 Å². The van der Waals surface area contributed by atoms with Gasteiger partial charge in [-0.25, -0.2) is 4.79 Å². The first kappa shape index (κ1) is 21.1. The summed E-state index contributed by atoms with van der Waals surface area (Å²) in [6.07, 6.45) is 1.74. The van der Waals surface area contributed by atoms with E-state index in [4.69, 9.17) is 4.74 Å². The van der Waals surface area contributed by atoms with Crippen molar-refractivity contribution in [2.45, 2.75) is 37.6 Å². The van der Waals surface area contributed by atoms with Gasteiger partial charge >= 0.3 is 5.69 Å². The van der Waals surface area contributed by atoms with Gasteiger partial charge in [0.1, 0.15) is 12.2 Å². The van der Waals surface area contributed by atoms with E-state index >= 15 is 0 Å². The van der Waals surface area contributed by atoms with Crippen molar-refractivity contribution in [3.8, 4) is 0 Å². The van der Waals surface area contributed by atoms with Gasteiger partial charge in [0.05, 0.1) is 24.0 Å². The van der Waals surface area contributed by atoms with Gasteiger partial charge in [-0.05, 0) is 24.3 Å². The van der Waals surface area contributed by atoms with Crippen LogP contribution in [-0.4, -0.2) is 59.5 Å². The first-order valence-corrected chi connectivity index (χ1v) is 9.86. The maximum Gasteiger partial charge on any atom is 0.330 e. The van der Waals surface area contributed by atoms with Gasteiger partial charge in [0.25, 0.3) is 5.56 Å². The molecule has 1 aliphatic rings. The van der Waals surface area contributed by atoms with Crippen LogP contribution in [0.5, 0.6) is 0 Å². The summed E-state index contributed by atoms with van der Waals surface area (Å²) in [5.74, 6) is 0. The Morgan fingerprint density at radius 3 is 2.19 bits per heavy atom. The van der Waals surface area contributed by atoms with Crippen LogP contribution in [0.3, 0.4) is 0 Å². The maximum atomic E-state index is 12.5. The van der Waals surface area contributed by atoms with Crippen LogP contribution in [0.15, 0.2) is 70.6 Å². The van der Waals surface area contributed by atoms with Crippen LogP contribution in [0, 0.1) is 0 Å². The minimum absolute atomic E-state index is 0.343. The molecule has 4 atom stereocenters. The molecule has 4 rings (SSSR count). The number of rotatable bonds is 7. The van der Waals surface area contributed by atoms with Crippen LogP contribution in [0.25, 0.3) is 0 Å². The quantitative estimate of drug-likeness (QED) is 0.468. The second-order valence-electron chi connectivity index (χ2n) is 7.29. The minimum Gasteiger partial charge on any atom is -0.394 e. The smallest absolute Gasteiger partial charge is 0.330 e. The van der Waals surface area contributed by atoms with Crippen molar-refractivity contribution in [3.05, 3.63) is 93.3 Å². The van der Waals surface area contributed by atoms with Gasteiger partial charge in [-0.1, -0.05) is 12.1 Å². The van der Waals surface area contributed by atoms with Crippen molar-refractivity contribution >= 4 is 0 Å². The third-order valence-corrected chi connectivity index (χ3v) is 5.25. The van der Waals surface area contributed by atoms with Crippen molar-refractivity contribution in [1.82, 2.24) is 24.4 Å². The highest BCUT2D eigenvalue weighted by Crippen LogP contribution is 2.33. The first-order valence-electron chi connectivity index (χ1n) is 9.86. The Kier molecular flexibility index (Phi) is 6.33. The SMILES string of the molecule is O=c1ccn([C@@H]2O[C@H](CO)[C@@H](O)[C@H]2N(Cc2ccccn2)Cc2ccccn2)c(=O)[nH]1. The summed E-state index contributed by atoms with van der Waals surface area (Å²) < 4.78 is 7.07. The molecule has 1 aliphatic heterocycles. The standard InChI is InChI=1S/C21H23N5O5/c27-13-16-19(29)18(20(31-16)26-10-7-17(28)24-21(26)30)25(11-14-5-1-3-8-22-14)12-15-6-2-4-9-23-15/h1-10,16,18-20,27,29H,11-13H2,(H,24,28,30)/t16-,18-,19-,20-/m1/s1. The van der Waals surface area contributed by atoms with E-state index in [0.29, 0.717) is 13.1 Å². The second-order valence-corrected chi connectivity index (χ2v) is 7.29. The lowest BCUT2D eigenvalue weighted by atomic mass is 10.0. The molecule has 0 unspecified atom stereocenters. The molecule has 10 nitrogen and oxygen atoms in total. The number of hydrogen-bond donors (Lipinski definition) is 3. The molecule has 1 fully saturated rings. The Labute approximate surface area is 177 Å².